The van der Waals surface area contributed by atoms with Crippen molar-refractivity contribution in [2.75, 3.05) is 19.5 Å². The third-order valence-corrected chi connectivity index (χ3v) is 1.90. The Morgan fingerprint density at radius 3 is 2.83 bits per heavy atom. The fraction of sp³-hybridized carbons (Fsp3) is 0.400. The zero-order valence-electron chi connectivity index (χ0n) is 7.58. The summed E-state index contributed by atoms with van der Waals surface area (Å²) in [5.41, 5.74) is 7.70. The van der Waals surface area contributed by atoms with Crippen LogP contribution in [0.25, 0.3) is 0 Å². The molecule has 66 valence electrons. The first-order valence-electron chi connectivity index (χ1n) is 4.08. The van der Waals surface area contributed by atoms with Crippen molar-refractivity contribution in [1.82, 2.24) is 0 Å². The van der Waals surface area contributed by atoms with Gasteiger partial charge in [0.15, 0.2) is 0 Å². The van der Waals surface area contributed by atoms with E-state index in [9.17, 15) is 0 Å². The number of ether oxygens (including phenoxy) is 1. The summed E-state index contributed by atoms with van der Waals surface area (Å²) in [6.45, 7) is 2.86. The molecule has 2 heteroatoms. The summed E-state index contributed by atoms with van der Waals surface area (Å²) in [6.07, 6.45) is 0. The van der Waals surface area contributed by atoms with Crippen molar-refractivity contribution in [3.8, 4) is 0 Å². The first kappa shape index (κ1) is 9.07. The minimum atomic E-state index is 0.415. The van der Waals surface area contributed by atoms with E-state index in [1.165, 1.54) is 5.56 Å². The average Bonchev–Trinajstić information content (AvgIpc) is 2.05. The van der Waals surface area contributed by atoms with Gasteiger partial charge < -0.3 is 10.5 Å². The molecular weight excluding hydrogens is 150 g/mol. The SMILES string of the molecule is COCC(C)c1cccc(N)c1. The highest BCUT2D eigenvalue weighted by Crippen LogP contribution is 2.17. The Morgan fingerprint density at radius 2 is 2.25 bits per heavy atom. The minimum Gasteiger partial charge on any atom is -0.399 e. The fourth-order valence-corrected chi connectivity index (χ4v) is 1.21. The van der Waals surface area contributed by atoms with Crippen LogP contribution in [0.5, 0.6) is 0 Å². The predicted octanol–water partition coefficient (Wildman–Crippen LogP) is 2.02. The Balaban J connectivity index is 2.73. The molecule has 0 saturated heterocycles. The second kappa shape index (κ2) is 4.12. The lowest BCUT2D eigenvalue weighted by atomic mass is 10.0. The van der Waals surface area contributed by atoms with Crippen LogP contribution in [-0.2, 0) is 4.74 Å². The van der Waals surface area contributed by atoms with Gasteiger partial charge >= 0.3 is 0 Å². The van der Waals surface area contributed by atoms with Crippen molar-refractivity contribution >= 4 is 5.69 Å². The Hall–Kier alpha value is -1.02. The molecule has 0 fully saturated rings. The van der Waals surface area contributed by atoms with E-state index in [1.807, 2.05) is 18.2 Å². The molecule has 2 nitrogen and oxygen atoms in total. The van der Waals surface area contributed by atoms with Crippen LogP contribution in [-0.4, -0.2) is 13.7 Å². The number of methoxy groups -OCH3 is 1. The smallest absolute Gasteiger partial charge is 0.0528 e. The van der Waals surface area contributed by atoms with Gasteiger partial charge in [-0.2, -0.15) is 0 Å². The molecule has 1 aromatic carbocycles. The number of anilines is 1. The largest absolute Gasteiger partial charge is 0.399 e. The standard InChI is InChI=1S/C10H15NO/c1-8(7-12-2)9-4-3-5-10(11)6-9/h3-6,8H,7,11H2,1-2H3. The molecule has 2 N–H and O–H groups in total. The molecule has 0 amide bonds. The summed E-state index contributed by atoms with van der Waals surface area (Å²) in [5, 5.41) is 0. The van der Waals surface area contributed by atoms with Crippen molar-refractivity contribution in [3.05, 3.63) is 29.8 Å². The van der Waals surface area contributed by atoms with E-state index in [1.54, 1.807) is 7.11 Å². The van der Waals surface area contributed by atoms with Crippen LogP contribution in [0.3, 0.4) is 0 Å². The first-order chi connectivity index (χ1) is 5.74. The number of nitrogen functional groups attached to an aromatic ring is 1. The highest BCUT2D eigenvalue weighted by atomic mass is 16.5. The Labute approximate surface area is 73.3 Å². The van der Waals surface area contributed by atoms with E-state index < -0.39 is 0 Å². The van der Waals surface area contributed by atoms with Gasteiger partial charge in [-0.3, -0.25) is 0 Å². The number of hydrogen-bond acceptors (Lipinski definition) is 2. The van der Waals surface area contributed by atoms with Crippen molar-refractivity contribution in [2.45, 2.75) is 12.8 Å². The average molecular weight is 165 g/mol. The fourth-order valence-electron chi connectivity index (χ4n) is 1.21. The molecule has 1 atom stereocenters. The first-order valence-corrected chi connectivity index (χ1v) is 4.08. The van der Waals surface area contributed by atoms with Gasteiger partial charge in [-0.15, -0.1) is 0 Å². The molecule has 0 radical (unpaired) electrons. The maximum atomic E-state index is 5.65. The van der Waals surface area contributed by atoms with Crippen LogP contribution >= 0.6 is 0 Å². The molecule has 0 saturated carbocycles. The van der Waals surface area contributed by atoms with Gasteiger partial charge in [-0.25, -0.2) is 0 Å². The molecule has 1 rings (SSSR count). The quantitative estimate of drug-likeness (QED) is 0.695. The van der Waals surface area contributed by atoms with E-state index in [-0.39, 0.29) is 0 Å². The van der Waals surface area contributed by atoms with Gasteiger partial charge in [0.1, 0.15) is 0 Å². The second-order valence-electron chi connectivity index (χ2n) is 3.03. The van der Waals surface area contributed by atoms with Crippen LogP contribution < -0.4 is 5.73 Å². The summed E-state index contributed by atoms with van der Waals surface area (Å²) in [6, 6.07) is 7.92. The topological polar surface area (TPSA) is 35.2 Å². The number of rotatable bonds is 3. The summed E-state index contributed by atoms with van der Waals surface area (Å²) in [4.78, 5) is 0. The third kappa shape index (κ3) is 2.24. The lowest BCUT2D eigenvalue weighted by Gasteiger charge is -2.10. The normalized spacial score (nSPS) is 12.8. The van der Waals surface area contributed by atoms with Crippen LogP contribution in [0.15, 0.2) is 24.3 Å². The Bertz CT molecular complexity index is 247. The van der Waals surface area contributed by atoms with Gasteiger partial charge in [0, 0.05) is 18.7 Å². The lowest BCUT2D eigenvalue weighted by molar-refractivity contribution is 0.184. The monoisotopic (exact) mass is 165 g/mol. The molecule has 1 aromatic rings. The third-order valence-electron chi connectivity index (χ3n) is 1.90. The molecule has 0 aliphatic rings. The highest BCUT2D eigenvalue weighted by molar-refractivity contribution is 5.41. The Kier molecular flexibility index (Phi) is 3.11. The molecule has 0 spiro atoms. The maximum Gasteiger partial charge on any atom is 0.0528 e. The van der Waals surface area contributed by atoms with Gasteiger partial charge in [-0.1, -0.05) is 19.1 Å². The molecule has 0 heterocycles. The molecule has 12 heavy (non-hydrogen) atoms. The van der Waals surface area contributed by atoms with E-state index in [2.05, 4.69) is 13.0 Å². The molecular formula is C10H15NO. The highest BCUT2D eigenvalue weighted by Gasteiger charge is 2.03. The zero-order chi connectivity index (χ0) is 8.97. The Morgan fingerprint density at radius 1 is 1.50 bits per heavy atom. The van der Waals surface area contributed by atoms with E-state index in [0.717, 1.165) is 12.3 Å². The number of nitrogens with two attached hydrogens (primary N) is 1. The van der Waals surface area contributed by atoms with Crippen molar-refractivity contribution < 1.29 is 4.74 Å². The molecule has 1 unspecified atom stereocenters. The second-order valence-corrected chi connectivity index (χ2v) is 3.03. The van der Waals surface area contributed by atoms with E-state index in [4.69, 9.17) is 10.5 Å². The lowest BCUT2D eigenvalue weighted by Crippen LogP contribution is -2.02. The molecule has 0 aliphatic carbocycles. The van der Waals surface area contributed by atoms with Crippen molar-refractivity contribution in [3.63, 3.8) is 0 Å². The maximum absolute atomic E-state index is 5.65. The summed E-state index contributed by atoms with van der Waals surface area (Å²) in [5.74, 6) is 0.415. The summed E-state index contributed by atoms with van der Waals surface area (Å²) >= 11 is 0. The van der Waals surface area contributed by atoms with Gasteiger partial charge in [0.05, 0.1) is 6.61 Å². The van der Waals surface area contributed by atoms with Crippen LogP contribution in [0, 0.1) is 0 Å². The summed E-state index contributed by atoms with van der Waals surface area (Å²) < 4.78 is 5.06. The number of hydrogen-bond donors (Lipinski definition) is 1. The molecule has 0 aliphatic heterocycles. The van der Waals surface area contributed by atoms with Crippen LogP contribution in [0.2, 0.25) is 0 Å². The van der Waals surface area contributed by atoms with Crippen molar-refractivity contribution in [2.24, 2.45) is 0 Å². The minimum absolute atomic E-state index is 0.415. The van der Waals surface area contributed by atoms with Gasteiger partial charge in [-0.05, 0) is 17.7 Å². The predicted molar refractivity (Wildman–Crippen MR) is 51.1 cm³/mol. The van der Waals surface area contributed by atoms with Gasteiger partial charge in [0.2, 0.25) is 0 Å². The molecule has 0 aromatic heterocycles. The van der Waals surface area contributed by atoms with E-state index in [0.29, 0.717) is 5.92 Å². The van der Waals surface area contributed by atoms with Crippen LogP contribution in [0.4, 0.5) is 5.69 Å². The number of benzene rings is 1. The molecule has 0 bridgehead atoms. The van der Waals surface area contributed by atoms with Crippen LogP contribution in [0.1, 0.15) is 18.4 Å². The summed E-state index contributed by atoms with van der Waals surface area (Å²) in [7, 11) is 1.71. The zero-order valence-corrected chi connectivity index (χ0v) is 7.58. The van der Waals surface area contributed by atoms with Crippen molar-refractivity contribution in [1.29, 1.82) is 0 Å². The van der Waals surface area contributed by atoms with E-state index >= 15 is 0 Å². The van der Waals surface area contributed by atoms with Gasteiger partial charge in [0.25, 0.3) is 0 Å².